The average Bonchev–Trinajstić information content (AvgIpc) is 3.14. The number of aromatic nitrogens is 4. The van der Waals surface area contributed by atoms with E-state index >= 15 is 0 Å². The molecule has 1 aliphatic rings. The molecule has 3 heterocycles. The molecule has 25 heavy (non-hydrogen) atoms. The first-order valence-electron chi connectivity index (χ1n) is 7.86. The topological polar surface area (TPSA) is 97.9 Å². The molecule has 11 heteroatoms. The summed E-state index contributed by atoms with van der Waals surface area (Å²) in [6.45, 7) is 4.87. The van der Waals surface area contributed by atoms with Crippen LogP contribution in [0.5, 0.6) is 0 Å². The van der Waals surface area contributed by atoms with E-state index in [1.807, 2.05) is 10.6 Å². The number of ether oxygens (including phenoxy) is 1. The minimum absolute atomic E-state index is 0.00425. The van der Waals surface area contributed by atoms with Crippen molar-refractivity contribution in [1.29, 1.82) is 5.26 Å². The van der Waals surface area contributed by atoms with Crippen molar-refractivity contribution in [3.63, 3.8) is 0 Å². The molecule has 0 aromatic carbocycles. The maximum Gasteiger partial charge on any atom is 0.236 e. The van der Waals surface area contributed by atoms with Gasteiger partial charge in [-0.3, -0.25) is 4.57 Å². The predicted octanol–water partition coefficient (Wildman–Crippen LogP) is 2.90. The molecule has 2 aromatic heterocycles. The molecule has 0 radical (unpaired) electrons. The van der Waals surface area contributed by atoms with Gasteiger partial charge in [0.05, 0.1) is 26.6 Å². The van der Waals surface area contributed by atoms with Gasteiger partial charge in [0, 0.05) is 13.0 Å². The van der Waals surface area contributed by atoms with Gasteiger partial charge >= 0.3 is 0 Å². The quantitative estimate of drug-likeness (QED) is 0.774. The molecule has 1 saturated heterocycles. The van der Waals surface area contributed by atoms with Crippen molar-refractivity contribution in [3.8, 4) is 6.07 Å². The summed E-state index contributed by atoms with van der Waals surface area (Å²) in [5, 5.41) is 12.2. The highest BCUT2D eigenvalue weighted by atomic mass is 32.4. The van der Waals surface area contributed by atoms with Gasteiger partial charge in [0.2, 0.25) is 5.82 Å². The lowest BCUT2D eigenvalue weighted by atomic mass is 9.93. The fourth-order valence-corrected chi connectivity index (χ4v) is 3.86. The van der Waals surface area contributed by atoms with Crippen molar-refractivity contribution in [1.82, 2.24) is 19.5 Å². The minimum atomic E-state index is -0.581. The molecule has 134 valence electrons. The van der Waals surface area contributed by atoms with Crippen molar-refractivity contribution in [3.05, 3.63) is 12.2 Å². The standard InChI is InChI=1S/C14H21N6O2P3/c1-7-8(2)14(22-9(7)5-21-25(23)24)20-6-17-11-12(16-3)18-10(4-15)19-13(11)20/h6-9,14H,5,23-24H2,1-3H3,(H,16,18,19). The zero-order chi connectivity index (χ0) is 18.1. The normalized spacial score (nSPS) is 26.3. The Hall–Kier alpha value is -0.950. The van der Waals surface area contributed by atoms with Gasteiger partial charge in [-0.2, -0.15) is 15.2 Å². The third-order valence-electron chi connectivity index (χ3n) is 4.60. The van der Waals surface area contributed by atoms with E-state index in [4.69, 9.17) is 9.26 Å². The van der Waals surface area contributed by atoms with E-state index in [9.17, 15) is 5.26 Å². The van der Waals surface area contributed by atoms with E-state index in [0.717, 1.165) is 0 Å². The highest BCUT2D eigenvalue weighted by Crippen LogP contribution is 2.54. The molecule has 0 aliphatic carbocycles. The molecular weight excluding hydrogens is 377 g/mol. The molecule has 8 nitrogen and oxygen atoms in total. The van der Waals surface area contributed by atoms with Crippen molar-refractivity contribution >= 4 is 42.4 Å². The van der Waals surface area contributed by atoms with E-state index in [1.54, 1.807) is 13.4 Å². The predicted molar refractivity (Wildman–Crippen MR) is 104 cm³/mol. The summed E-state index contributed by atoms with van der Waals surface area (Å²) in [5.74, 6) is 1.22. The maximum atomic E-state index is 9.19. The first-order chi connectivity index (χ1) is 12.0. The van der Waals surface area contributed by atoms with Crippen LogP contribution >= 0.6 is 25.4 Å². The molecule has 0 bridgehead atoms. The third kappa shape index (κ3) is 3.63. The Bertz CT molecular complexity index is 808. The summed E-state index contributed by atoms with van der Waals surface area (Å²) < 4.78 is 13.9. The van der Waals surface area contributed by atoms with E-state index in [1.165, 1.54) is 0 Å². The summed E-state index contributed by atoms with van der Waals surface area (Å²) in [6.07, 6.45) is 1.50. The average molecular weight is 398 g/mol. The van der Waals surface area contributed by atoms with Crippen molar-refractivity contribution < 1.29 is 9.26 Å². The number of rotatable bonds is 5. The molecule has 2 aromatic rings. The van der Waals surface area contributed by atoms with E-state index in [0.29, 0.717) is 29.5 Å². The van der Waals surface area contributed by atoms with Crippen molar-refractivity contribution in [2.45, 2.75) is 26.2 Å². The van der Waals surface area contributed by atoms with Crippen LogP contribution in [0, 0.1) is 23.2 Å². The van der Waals surface area contributed by atoms with Gasteiger partial charge < -0.3 is 14.6 Å². The fraction of sp³-hybridized carbons (Fsp3) is 0.571. The number of nitrogens with one attached hydrogen (secondary N) is 1. The second kappa shape index (κ2) is 7.74. The van der Waals surface area contributed by atoms with Gasteiger partial charge in [0.15, 0.2) is 17.0 Å². The lowest BCUT2D eigenvalue weighted by molar-refractivity contribution is -0.0269. The number of fused-ring (bicyclic) bond motifs is 1. The summed E-state index contributed by atoms with van der Waals surface area (Å²) in [7, 11) is 6.47. The van der Waals surface area contributed by atoms with Crippen LogP contribution in [0.3, 0.4) is 0 Å². The van der Waals surface area contributed by atoms with E-state index < -0.39 is 7.53 Å². The van der Waals surface area contributed by atoms with Gasteiger partial charge in [-0.1, -0.05) is 31.7 Å². The first kappa shape index (κ1) is 18.8. The number of anilines is 1. The van der Waals surface area contributed by atoms with Gasteiger partial charge in [0.1, 0.15) is 12.3 Å². The smallest absolute Gasteiger partial charge is 0.236 e. The van der Waals surface area contributed by atoms with Crippen LogP contribution in [0.25, 0.3) is 11.2 Å². The number of nitriles is 1. The monoisotopic (exact) mass is 398 g/mol. The van der Waals surface area contributed by atoms with Gasteiger partial charge in [-0.25, -0.2) is 4.98 Å². The number of nitrogens with zero attached hydrogens (tertiary/aromatic N) is 5. The summed E-state index contributed by atoms with van der Waals surface area (Å²) >= 11 is 0. The van der Waals surface area contributed by atoms with Crippen LogP contribution in [-0.2, 0) is 9.26 Å². The van der Waals surface area contributed by atoms with E-state index in [2.05, 4.69) is 52.0 Å². The van der Waals surface area contributed by atoms with Crippen LogP contribution < -0.4 is 5.32 Å². The second-order valence-electron chi connectivity index (χ2n) is 6.02. The molecular formula is C14H21N6O2P3. The van der Waals surface area contributed by atoms with Gasteiger partial charge in [-0.05, 0) is 5.92 Å². The summed E-state index contributed by atoms with van der Waals surface area (Å²) in [6, 6.07) is 2.00. The molecule has 1 N–H and O–H groups in total. The lowest BCUT2D eigenvalue weighted by Gasteiger charge is -2.18. The summed E-state index contributed by atoms with van der Waals surface area (Å²) in [5.41, 5.74) is 1.23. The molecule has 0 spiro atoms. The van der Waals surface area contributed by atoms with Crippen LogP contribution in [0.15, 0.2) is 6.33 Å². The van der Waals surface area contributed by atoms with Crippen LogP contribution in [0.4, 0.5) is 5.82 Å². The SMILES string of the molecule is CNc1nc(C#N)nc2c1ncn2C1OC(COP(P)P)C(C)C1C. The Kier molecular flexibility index (Phi) is 5.83. The van der Waals surface area contributed by atoms with Crippen LogP contribution in [0.1, 0.15) is 25.9 Å². The van der Waals surface area contributed by atoms with Gasteiger partial charge in [0.25, 0.3) is 0 Å². The van der Waals surface area contributed by atoms with E-state index in [-0.39, 0.29) is 24.1 Å². The lowest BCUT2D eigenvalue weighted by Crippen LogP contribution is -2.20. The Labute approximate surface area is 152 Å². The first-order valence-corrected chi connectivity index (χ1v) is 12.4. The van der Waals surface area contributed by atoms with Crippen molar-refractivity contribution in [2.75, 3.05) is 19.0 Å². The Balaban J connectivity index is 1.95. The van der Waals surface area contributed by atoms with Crippen molar-refractivity contribution in [2.24, 2.45) is 11.8 Å². The third-order valence-corrected chi connectivity index (χ3v) is 5.94. The molecule has 6 unspecified atom stereocenters. The Morgan fingerprint density at radius 1 is 1.40 bits per heavy atom. The molecule has 0 amide bonds. The molecule has 1 aliphatic heterocycles. The number of hydrogen-bond acceptors (Lipinski definition) is 7. The fourth-order valence-electron chi connectivity index (χ4n) is 3.02. The number of hydrogen-bond donors (Lipinski definition) is 1. The number of imidazole rings is 1. The zero-order valence-corrected chi connectivity index (χ0v) is 17.5. The highest BCUT2D eigenvalue weighted by Gasteiger charge is 2.41. The maximum absolute atomic E-state index is 9.19. The second-order valence-corrected chi connectivity index (χ2v) is 11.8. The zero-order valence-electron chi connectivity index (χ0n) is 14.2. The summed E-state index contributed by atoms with van der Waals surface area (Å²) in [4.78, 5) is 12.9. The largest absolute Gasteiger partial charge is 0.371 e. The highest BCUT2D eigenvalue weighted by molar-refractivity contribution is 8.41. The van der Waals surface area contributed by atoms with Gasteiger partial charge in [-0.15, -0.1) is 0 Å². The molecule has 0 saturated carbocycles. The molecule has 1 fully saturated rings. The molecule has 3 rings (SSSR count). The molecule has 6 atom stereocenters. The minimum Gasteiger partial charge on any atom is -0.371 e. The van der Waals surface area contributed by atoms with Crippen LogP contribution in [-0.4, -0.2) is 39.3 Å². The Morgan fingerprint density at radius 3 is 2.80 bits per heavy atom. The van der Waals surface area contributed by atoms with Crippen LogP contribution in [0.2, 0.25) is 0 Å². The Morgan fingerprint density at radius 2 is 2.16 bits per heavy atom.